The fourth-order valence-electron chi connectivity index (χ4n) is 4.56. The van der Waals surface area contributed by atoms with Crippen LogP contribution in [0.15, 0.2) is 61.2 Å². The van der Waals surface area contributed by atoms with Crippen LogP contribution in [-0.4, -0.2) is 63.3 Å². The van der Waals surface area contributed by atoms with E-state index in [-0.39, 0.29) is 5.69 Å². The van der Waals surface area contributed by atoms with E-state index in [1.165, 1.54) is 0 Å². The molecule has 1 aliphatic heterocycles. The zero-order valence-electron chi connectivity index (χ0n) is 21.6. The van der Waals surface area contributed by atoms with E-state index in [4.69, 9.17) is 0 Å². The largest absolute Gasteiger partial charge is 0.416 e. The predicted molar refractivity (Wildman–Crippen MR) is 142 cm³/mol. The number of amides is 1. The van der Waals surface area contributed by atoms with Crippen molar-refractivity contribution >= 4 is 17.2 Å². The summed E-state index contributed by atoms with van der Waals surface area (Å²) in [4.78, 5) is 25.8. The second-order valence-corrected chi connectivity index (χ2v) is 9.63. The van der Waals surface area contributed by atoms with E-state index in [2.05, 4.69) is 36.9 Å². The van der Waals surface area contributed by atoms with Crippen LogP contribution in [0.1, 0.15) is 38.3 Å². The molecule has 3 heterocycles. The van der Waals surface area contributed by atoms with E-state index in [9.17, 15) is 18.0 Å². The highest BCUT2D eigenvalue weighted by Gasteiger charge is 2.31. The first-order valence-corrected chi connectivity index (χ1v) is 12.5. The number of rotatable bonds is 4. The molecule has 1 saturated heterocycles. The number of alkyl halides is 3. The smallest absolute Gasteiger partial charge is 0.322 e. The number of carbonyl (C=O) groups is 1. The molecule has 5 rings (SSSR count). The molecule has 0 atom stereocenters. The number of imidazole rings is 1. The van der Waals surface area contributed by atoms with Crippen LogP contribution in [0, 0.1) is 18.8 Å². The first-order chi connectivity index (χ1) is 18.7. The van der Waals surface area contributed by atoms with Crippen molar-refractivity contribution in [3.8, 4) is 11.8 Å². The number of aromatic nitrogens is 3. The average molecular weight is 533 g/mol. The van der Waals surface area contributed by atoms with Gasteiger partial charge in [0.15, 0.2) is 5.65 Å². The van der Waals surface area contributed by atoms with Crippen LogP contribution in [0.5, 0.6) is 0 Å². The Morgan fingerprint density at radius 2 is 1.87 bits per heavy atom. The second-order valence-electron chi connectivity index (χ2n) is 9.63. The van der Waals surface area contributed by atoms with Crippen LogP contribution in [0.2, 0.25) is 0 Å². The number of nitrogens with zero attached hydrogens (tertiary/aromatic N) is 5. The van der Waals surface area contributed by atoms with Crippen LogP contribution in [0.3, 0.4) is 0 Å². The topological polar surface area (TPSA) is 65.8 Å². The summed E-state index contributed by atoms with van der Waals surface area (Å²) >= 11 is 0. The quantitative estimate of drug-likeness (QED) is 0.394. The average Bonchev–Trinajstić information content (AvgIpc) is 3.32. The van der Waals surface area contributed by atoms with Crippen LogP contribution in [0.4, 0.5) is 18.9 Å². The Bertz CT molecular complexity index is 1580. The molecule has 7 nitrogen and oxygen atoms in total. The maximum Gasteiger partial charge on any atom is 0.416 e. The van der Waals surface area contributed by atoms with E-state index >= 15 is 0 Å². The van der Waals surface area contributed by atoms with Crippen LogP contribution >= 0.6 is 0 Å². The molecule has 0 saturated carbocycles. The van der Waals surface area contributed by atoms with Gasteiger partial charge in [-0.2, -0.15) is 13.2 Å². The monoisotopic (exact) mass is 532 g/mol. The fourth-order valence-corrected chi connectivity index (χ4v) is 4.56. The van der Waals surface area contributed by atoms with Crippen molar-refractivity contribution in [2.45, 2.75) is 19.6 Å². The molecule has 0 radical (unpaired) electrons. The third-order valence-corrected chi connectivity index (χ3v) is 6.80. The number of nitrogens with one attached hydrogen (secondary N) is 1. The van der Waals surface area contributed by atoms with Crippen LogP contribution in [-0.2, 0) is 12.7 Å². The lowest BCUT2D eigenvalue weighted by Gasteiger charge is -2.32. The van der Waals surface area contributed by atoms with Crippen molar-refractivity contribution in [1.82, 2.24) is 24.2 Å². The van der Waals surface area contributed by atoms with Crippen molar-refractivity contribution < 1.29 is 18.0 Å². The van der Waals surface area contributed by atoms with Crippen molar-refractivity contribution in [3.05, 3.63) is 94.7 Å². The number of hydrogen-bond acceptors (Lipinski definition) is 5. The number of likely N-dealkylation sites (N-methyl/N-ethyl adjacent to an activating group) is 1. The van der Waals surface area contributed by atoms with E-state index < -0.39 is 17.6 Å². The lowest BCUT2D eigenvalue weighted by atomic mass is 10.0. The van der Waals surface area contributed by atoms with Crippen LogP contribution < -0.4 is 5.32 Å². The fraction of sp³-hybridized carbons (Fsp3) is 0.276. The molecule has 0 unspecified atom stereocenters. The molecule has 1 fully saturated rings. The summed E-state index contributed by atoms with van der Waals surface area (Å²) in [5.74, 6) is 5.66. The standard InChI is InChI=1S/C29H27F3N6O/c1-20-22(6-7-25-17-34-27-18-33-8-9-38(25)27)4-3-5-26(20)28(39)35-24-15-21(14-23(16-24)29(30,31)32)19-37-12-10-36(2)11-13-37/h3-5,8-9,14-18H,10-13,19H2,1-2H3,(H,35,39). The lowest BCUT2D eigenvalue weighted by Crippen LogP contribution is -2.43. The molecule has 2 aromatic heterocycles. The summed E-state index contributed by atoms with van der Waals surface area (Å²) in [5.41, 5.74) is 2.75. The van der Waals surface area contributed by atoms with E-state index in [0.29, 0.717) is 40.1 Å². The van der Waals surface area contributed by atoms with Crippen molar-refractivity contribution in [2.24, 2.45) is 0 Å². The Morgan fingerprint density at radius 3 is 2.64 bits per heavy atom. The molecule has 1 amide bonds. The van der Waals surface area contributed by atoms with Crippen molar-refractivity contribution in [1.29, 1.82) is 0 Å². The third-order valence-electron chi connectivity index (χ3n) is 6.80. The summed E-state index contributed by atoms with van der Waals surface area (Å²) in [6, 6.07) is 8.88. The summed E-state index contributed by atoms with van der Waals surface area (Å²) in [6.45, 7) is 5.40. The molecule has 39 heavy (non-hydrogen) atoms. The minimum absolute atomic E-state index is 0.106. The van der Waals surface area contributed by atoms with Gasteiger partial charge in [0.05, 0.1) is 18.0 Å². The number of hydrogen-bond donors (Lipinski definition) is 1. The Kier molecular flexibility index (Phi) is 7.37. The summed E-state index contributed by atoms with van der Waals surface area (Å²) in [5, 5.41) is 2.68. The van der Waals surface area contributed by atoms with Crippen LogP contribution in [0.25, 0.3) is 5.65 Å². The van der Waals surface area contributed by atoms with Crippen molar-refractivity contribution in [2.75, 3.05) is 38.5 Å². The number of piperazine rings is 1. The Labute approximate surface area is 224 Å². The SMILES string of the molecule is Cc1c(C#Cc2cnc3cnccn23)cccc1C(=O)Nc1cc(CN2CCN(C)CC2)cc(C(F)(F)F)c1. The highest BCUT2D eigenvalue weighted by atomic mass is 19.4. The molecule has 2 aromatic carbocycles. The normalized spacial score (nSPS) is 14.7. The molecular formula is C29H27F3N6O. The van der Waals surface area contributed by atoms with E-state index in [1.54, 1.807) is 60.4 Å². The maximum atomic E-state index is 13.7. The number of benzene rings is 2. The van der Waals surface area contributed by atoms with E-state index in [1.807, 2.05) is 7.05 Å². The van der Waals surface area contributed by atoms with Gasteiger partial charge in [-0.25, -0.2) is 4.98 Å². The van der Waals surface area contributed by atoms with Gasteiger partial charge in [0, 0.05) is 61.9 Å². The molecule has 10 heteroatoms. The summed E-state index contributed by atoms with van der Waals surface area (Å²) < 4.78 is 42.9. The number of fused-ring (bicyclic) bond motifs is 1. The van der Waals surface area contributed by atoms with Gasteiger partial charge in [-0.15, -0.1) is 0 Å². The molecule has 0 aliphatic carbocycles. The number of anilines is 1. The minimum Gasteiger partial charge on any atom is -0.322 e. The lowest BCUT2D eigenvalue weighted by molar-refractivity contribution is -0.137. The van der Waals surface area contributed by atoms with E-state index in [0.717, 1.165) is 38.3 Å². The van der Waals surface area contributed by atoms with Gasteiger partial charge in [0.2, 0.25) is 0 Å². The molecule has 0 spiro atoms. The third kappa shape index (κ3) is 6.11. The molecule has 4 aromatic rings. The maximum absolute atomic E-state index is 13.7. The second kappa shape index (κ2) is 10.9. The van der Waals surface area contributed by atoms with Gasteiger partial charge in [-0.3, -0.25) is 19.1 Å². The Hall–Kier alpha value is -4.20. The summed E-state index contributed by atoms with van der Waals surface area (Å²) in [7, 11) is 2.02. The first kappa shape index (κ1) is 26.4. The molecule has 200 valence electrons. The highest BCUT2D eigenvalue weighted by molar-refractivity contribution is 6.05. The zero-order valence-corrected chi connectivity index (χ0v) is 21.6. The predicted octanol–water partition coefficient (Wildman–Crippen LogP) is 4.46. The number of carbonyl (C=O) groups excluding carboxylic acids is 1. The molecule has 1 aliphatic rings. The van der Waals surface area contributed by atoms with Gasteiger partial charge in [-0.1, -0.05) is 12.0 Å². The minimum atomic E-state index is -4.53. The summed E-state index contributed by atoms with van der Waals surface area (Å²) in [6.07, 6.45) is 2.14. The molecule has 0 bridgehead atoms. The molecular weight excluding hydrogens is 505 g/mol. The highest BCUT2D eigenvalue weighted by Crippen LogP contribution is 2.32. The Balaban J connectivity index is 1.39. The van der Waals surface area contributed by atoms with Gasteiger partial charge < -0.3 is 10.2 Å². The van der Waals surface area contributed by atoms with Gasteiger partial charge in [0.1, 0.15) is 5.69 Å². The van der Waals surface area contributed by atoms with Gasteiger partial charge in [0.25, 0.3) is 5.91 Å². The number of halogens is 3. The first-order valence-electron chi connectivity index (χ1n) is 12.5. The Morgan fingerprint density at radius 1 is 1.08 bits per heavy atom. The van der Waals surface area contributed by atoms with Crippen molar-refractivity contribution in [3.63, 3.8) is 0 Å². The zero-order chi connectivity index (χ0) is 27.6. The molecule has 1 N–H and O–H groups in total. The van der Waals surface area contributed by atoms with Gasteiger partial charge >= 0.3 is 6.18 Å². The van der Waals surface area contributed by atoms with Gasteiger partial charge in [-0.05, 0) is 61.4 Å².